The van der Waals surface area contributed by atoms with E-state index in [1.54, 1.807) is 25.2 Å². The van der Waals surface area contributed by atoms with Gasteiger partial charge in [0, 0.05) is 12.0 Å². The minimum atomic E-state index is -1.04. The van der Waals surface area contributed by atoms with E-state index < -0.39 is 30.4 Å². The number of aliphatic hydroxyl groups is 4. The molecule has 0 rings (SSSR count). The summed E-state index contributed by atoms with van der Waals surface area (Å²) in [7, 11) is 0. The number of carboxylic acids is 1. The highest BCUT2D eigenvalue weighted by atomic mass is 16.4. The Morgan fingerprint density at radius 1 is 0.838 bits per heavy atom. The third kappa shape index (κ3) is 18.0. The van der Waals surface area contributed by atoms with Gasteiger partial charge in [0.05, 0.1) is 24.4 Å². The highest BCUT2D eigenvalue weighted by molar-refractivity contribution is 5.79. The van der Waals surface area contributed by atoms with Crippen molar-refractivity contribution in [1.29, 1.82) is 0 Å². The minimum absolute atomic E-state index is 0.0226. The summed E-state index contributed by atoms with van der Waals surface area (Å²) in [5.41, 5.74) is 1.80. The van der Waals surface area contributed by atoms with Crippen LogP contribution in [-0.2, 0) is 4.79 Å². The van der Waals surface area contributed by atoms with E-state index >= 15 is 0 Å². The fraction of sp³-hybridized carbons (Fsp3) is 0.645. The molecule has 0 fully saturated rings. The van der Waals surface area contributed by atoms with Gasteiger partial charge in [0.15, 0.2) is 0 Å². The molecule has 0 aliphatic carbocycles. The van der Waals surface area contributed by atoms with Crippen molar-refractivity contribution < 1.29 is 30.3 Å². The van der Waals surface area contributed by atoms with Crippen LogP contribution in [0.2, 0.25) is 0 Å². The van der Waals surface area contributed by atoms with Crippen LogP contribution >= 0.6 is 0 Å². The van der Waals surface area contributed by atoms with Gasteiger partial charge < -0.3 is 25.5 Å². The predicted octanol–water partition coefficient (Wildman–Crippen LogP) is 5.73. The molecule has 0 aromatic rings. The summed E-state index contributed by atoms with van der Waals surface area (Å²) in [6.45, 7) is 13.5. The summed E-state index contributed by atoms with van der Waals surface area (Å²) in [5.74, 6) is -1.23. The lowest BCUT2D eigenvalue weighted by atomic mass is 9.88. The van der Waals surface area contributed by atoms with Crippen LogP contribution in [0.25, 0.3) is 0 Å². The molecule has 5 N–H and O–H groups in total. The number of carboxylic acid groups (broad SMARTS) is 1. The van der Waals surface area contributed by atoms with E-state index in [2.05, 4.69) is 13.5 Å². The topological polar surface area (TPSA) is 118 Å². The van der Waals surface area contributed by atoms with Crippen molar-refractivity contribution in [3.05, 3.63) is 60.3 Å². The molecule has 0 aromatic heterocycles. The predicted molar refractivity (Wildman–Crippen MR) is 152 cm³/mol. The Morgan fingerprint density at radius 3 is 2.05 bits per heavy atom. The number of aliphatic carboxylic acids is 1. The van der Waals surface area contributed by atoms with Gasteiger partial charge in [0.25, 0.3) is 0 Å². The molecule has 7 unspecified atom stereocenters. The fourth-order valence-electron chi connectivity index (χ4n) is 3.95. The SMILES string of the molecule is C=C(C)/C=C/C(O)C(CCCC)CCC(O)CCC(C)C(O)C/C=C(C)/C=C/C(O)C(C)/C=C/C(=O)O. The normalized spacial score (nSPS) is 18.7. The summed E-state index contributed by atoms with van der Waals surface area (Å²) < 4.78 is 0. The Hall–Kier alpha value is -1.99. The van der Waals surface area contributed by atoms with Crippen LogP contribution in [0.5, 0.6) is 0 Å². The summed E-state index contributed by atoms with van der Waals surface area (Å²) in [6, 6.07) is 0. The second-order valence-corrected chi connectivity index (χ2v) is 10.5. The Kier molecular flexibility index (Phi) is 19.0. The van der Waals surface area contributed by atoms with Gasteiger partial charge in [-0.1, -0.05) is 87.8 Å². The molecule has 0 saturated carbocycles. The first-order valence-electron chi connectivity index (χ1n) is 13.7. The Balaban J connectivity index is 4.60. The average Bonchev–Trinajstić information content (AvgIpc) is 2.85. The van der Waals surface area contributed by atoms with Crippen LogP contribution in [0.3, 0.4) is 0 Å². The van der Waals surface area contributed by atoms with E-state index in [0.29, 0.717) is 25.7 Å². The maximum Gasteiger partial charge on any atom is 0.327 e. The van der Waals surface area contributed by atoms with E-state index in [1.165, 1.54) is 6.08 Å². The van der Waals surface area contributed by atoms with Gasteiger partial charge in [-0.15, -0.1) is 0 Å². The zero-order valence-electron chi connectivity index (χ0n) is 23.6. The second kappa shape index (κ2) is 20.0. The van der Waals surface area contributed by atoms with Gasteiger partial charge in [-0.2, -0.15) is 0 Å². The Labute approximate surface area is 224 Å². The largest absolute Gasteiger partial charge is 0.478 e. The van der Waals surface area contributed by atoms with Gasteiger partial charge in [-0.3, -0.25) is 0 Å². The molecule has 6 nitrogen and oxygen atoms in total. The van der Waals surface area contributed by atoms with Gasteiger partial charge >= 0.3 is 5.97 Å². The fourth-order valence-corrected chi connectivity index (χ4v) is 3.95. The number of hydrogen-bond donors (Lipinski definition) is 5. The summed E-state index contributed by atoms with van der Waals surface area (Å²) >= 11 is 0. The van der Waals surface area contributed by atoms with Crippen molar-refractivity contribution in [2.45, 2.75) is 110 Å². The highest BCUT2D eigenvalue weighted by Gasteiger charge is 2.20. The lowest BCUT2D eigenvalue weighted by Crippen LogP contribution is -2.22. The number of carbonyl (C=O) groups is 1. The molecule has 6 heteroatoms. The van der Waals surface area contributed by atoms with Crippen molar-refractivity contribution >= 4 is 5.97 Å². The summed E-state index contributed by atoms with van der Waals surface area (Å²) in [5, 5.41) is 50.4. The quantitative estimate of drug-likeness (QED) is 0.103. The lowest BCUT2D eigenvalue weighted by Gasteiger charge is -2.23. The molecule has 0 amide bonds. The van der Waals surface area contributed by atoms with E-state index in [9.17, 15) is 25.2 Å². The molecule has 37 heavy (non-hydrogen) atoms. The lowest BCUT2D eigenvalue weighted by molar-refractivity contribution is -0.131. The van der Waals surface area contributed by atoms with Crippen LogP contribution in [0, 0.1) is 17.8 Å². The van der Waals surface area contributed by atoms with Crippen molar-refractivity contribution in [2.75, 3.05) is 0 Å². The van der Waals surface area contributed by atoms with Crippen molar-refractivity contribution in [3.8, 4) is 0 Å². The molecule has 0 aliphatic heterocycles. The Morgan fingerprint density at radius 2 is 1.46 bits per heavy atom. The molecule has 0 spiro atoms. The molecular weight excluding hydrogens is 468 g/mol. The van der Waals surface area contributed by atoms with Crippen LogP contribution in [0.1, 0.15) is 86.0 Å². The smallest absolute Gasteiger partial charge is 0.327 e. The first kappa shape index (κ1) is 35.0. The van der Waals surface area contributed by atoms with E-state index in [1.807, 2.05) is 32.9 Å². The second-order valence-electron chi connectivity index (χ2n) is 10.5. The molecular formula is C31H52O6. The molecule has 0 radical (unpaired) electrons. The third-order valence-electron chi connectivity index (χ3n) is 6.79. The Bertz CT molecular complexity index is 766. The average molecular weight is 521 g/mol. The molecule has 7 atom stereocenters. The van der Waals surface area contributed by atoms with Gasteiger partial charge in [0.2, 0.25) is 0 Å². The molecule has 0 aliphatic rings. The van der Waals surface area contributed by atoms with Crippen LogP contribution in [-0.4, -0.2) is 55.9 Å². The van der Waals surface area contributed by atoms with E-state index in [0.717, 1.165) is 42.9 Å². The maximum absolute atomic E-state index is 10.6. The van der Waals surface area contributed by atoms with Gasteiger partial charge in [0.1, 0.15) is 0 Å². The molecule has 0 saturated heterocycles. The standard InChI is InChI=1S/C31H52O6/c1-7-8-9-26(30(35)18-10-22(2)3)15-17-27(32)16-13-24(5)28(33)19-11-23(4)12-20-29(34)25(6)14-21-31(36)37/h10-12,14,18,20-21,24-30,32-35H,2,7-9,13,15-17,19H2,1,3-6H3,(H,36,37)/b18-10+,20-12+,21-14+,23-11+. The summed E-state index contributed by atoms with van der Waals surface area (Å²) in [6.07, 6.45) is 15.3. The highest BCUT2D eigenvalue weighted by Crippen LogP contribution is 2.24. The van der Waals surface area contributed by atoms with Crippen molar-refractivity contribution in [2.24, 2.45) is 17.8 Å². The molecule has 0 heterocycles. The number of hydrogen-bond acceptors (Lipinski definition) is 5. The molecule has 0 bridgehead atoms. The minimum Gasteiger partial charge on any atom is -0.478 e. The maximum atomic E-state index is 10.6. The zero-order chi connectivity index (χ0) is 28.4. The molecule has 212 valence electrons. The third-order valence-corrected chi connectivity index (χ3v) is 6.79. The van der Waals surface area contributed by atoms with E-state index in [4.69, 9.17) is 5.11 Å². The monoisotopic (exact) mass is 520 g/mol. The first-order valence-corrected chi connectivity index (χ1v) is 13.7. The molecule has 0 aromatic carbocycles. The summed E-state index contributed by atoms with van der Waals surface area (Å²) in [4.78, 5) is 10.6. The van der Waals surface area contributed by atoms with Crippen LogP contribution in [0.4, 0.5) is 0 Å². The van der Waals surface area contributed by atoms with Crippen molar-refractivity contribution in [1.82, 2.24) is 0 Å². The number of unbranched alkanes of at least 4 members (excludes halogenated alkanes) is 1. The van der Waals surface area contributed by atoms with Gasteiger partial charge in [-0.05, 0) is 64.2 Å². The zero-order valence-corrected chi connectivity index (χ0v) is 23.6. The van der Waals surface area contributed by atoms with Crippen LogP contribution in [0.15, 0.2) is 60.3 Å². The van der Waals surface area contributed by atoms with Crippen LogP contribution < -0.4 is 0 Å². The number of aliphatic hydroxyl groups excluding tert-OH is 4. The number of allylic oxidation sites excluding steroid dienone is 4. The van der Waals surface area contributed by atoms with Gasteiger partial charge in [-0.25, -0.2) is 4.79 Å². The van der Waals surface area contributed by atoms with Crippen molar-refractivity contribution in [3.63, 3.8) is 0 Å². The van der Waals surface area contributed by atoms with E-state index in [-0.39, 0.29) is 17.8 Å². The first-order chi connectivity index (χ1) is 17.4. The number of rotatable bonds is 20.